The van der Waals surface area contributed by atoms with Crippen LogP contribution in [-0.2, 0) is 16.1 Å². The molecule has 6 heteroatoms. The SMILES string of the molecule is C[C@]1(O)C=C[C@@H](NC(=O)OCc2ccccc2)[C@@H](C(=O)O)C1. The molecule has 0 heterocycles. The summed E-state index contributed by atoms with van der Waals surface area (Å²) in [5.41, 5.74) is -0.343. The smallest absolute Gasteiger partial charge is 0.407 e. The number of carbonyl (C=O) groups is 2. The Morgan fingerprint density at radius 3 is 2.68 bits per heavy atom. The molecular weight excluding hydrogens is 286 g/mol. The van der Waals surface area contributed by atoms with Crippen LogP contribution in [0.1, 0.15) is 18.9 Å². The van der Waals surface area contributed by atoms with E-state index in [0.717, 1.165) is 5.56 Å². The highest BCUT2D eigenvalue weighted by Crippen LogP contribution is 2.27. The third-order valence-corrected chi connectivity index (χ3v) is 3.54. The highest BCUT2D eigenvalue weighted by molar-refractivity contribution is 5.74. The van der Waals surface area contributed by atoms with E-state index >= 15 is 0 Å². The van der Waals surface area contributed by atoms with Gasteiger partial charge in [-0.05, 0) is 18.9 Å². The number of nitrogens with one attached hydrogen (secondary N) is 1. The Balaban J connectivity index is 1.93. The number of rotatable bonds is 4. The van der Waals surface area contributed by atoms with Crippen molar-refractivity contribution < 1.29 is 24.5 Å². The average molecular weight is 305 g/mol. The van der Waals surface area contributed by atoms with Gasteiger partial charge in [0.05, 0.1) is 17.6 Å². The van der Waals surface area contributed by atoms with Crippen LogP contribution in [0.2, 0.25) is 0 Å². The highest BCUT2D eigenvalue weighted by Gasteiger charge is 2.37. The first-order valence-electron chi connectivity index (χ1n) is 6.99. The van der Waals surface area contributed by atoms with Crippen LogP contribution in [0.3, 0.4) is 0 Å². The van der Waals surface area contributed by atoms with Gasteiger partial charge >= 0.3 is 12.1 Å². The lowest BCUT2D eigenvalue weighted by Crippen LogP contribution is -2.48. The van der Waals surface area contributed by atoms with Crippen LogP contribution in [0.4, 0.5) is 4.79 Å². The van der Waals surface area contributed by atoms with Gasteiger partial charge in [-0.3, -0.25) is 4.79 Å². The topological polar surface area (TPSA) is 95.9 Å². The zero-order chi connectivity index (χ0) is 16.2. The molecular formula is C16H19NO5. The maximum absolute atomic E-state index is 11.8. The van der Waals surface area contributed by atoms with Crippen LogP contribution in [0, 0.1) is 5.92 Å². The predicted molar refractivity (Wildman–Crippen MR) is 79.1 cm³/mol. The molecule has 1 aromatic rings. The van der Waals surface area contributed by atoms with Gasteiger partial charge in [-0.25, -0.2) is 4.79 Å². The summed E-state index contributed by atoms with van der Waals surface area (Å²) in [6.45, 7) is 1.64. The molecule has 0 bridgehead atoms. The van der Waals surface area contributed by atoms with Crippen LogP contribution in [0.15, 0.2) is 42.5 Å². The molecule has 1 aliphatic rings. The Bertz CT molecular complexity index is 567. The Hall–Kier alpha value is -2.34. The monoisotopic (exact) mass is 305 g/mol. The van der Waals surface area contributed by atoms with Crippen LogP contribution in [0.5, 0.6) is 0 Å². The van der Waals surface area contributed by atoms with Crippen molar-refractivity contribution in [2.24, 2.45) is 5.92 Å². The van der Waals surface area contributed by atoms with Gasteiger partial charge in [-0.15, -0.1) is 0 Å². The molecule has 0 spiro atoms. The highest BCUT2D eigenvalue weighted by atomic mass is 16.5. The largest absolute Gasteiger partial charge is 0.481 e. The fourth-order valence-electron chi connectivity index (χ4n) is 2.38. The molecule has 0 fully saturated rings. The number of aliphatic carboxylic acids is 1. The zero-order valence-electron chi connectivity index (χ0n) is 12.2. The second-order valence-corrected chi connectivity index (χ2v) is 5.60. The minimum atomic E-state index is -1.19. The van der Waals surface area contributed by atoms with E-state index < -0.39 is 29.6 Å². The zero-order valence-corrected chi connectivity index (χ0v) is 12.2. The Morgan fingerprint density at radius 1 is 1.36 bits per heavy atom. The molecule has 0 radical (unpaired) electrons. The molecule has 1 aliphatic carbocycles. The van der Waals surface area contributed by atoms with E-state index in [1.54, 1.807) is 0 Å². The van der Waals surface area contributed by atoms with Gasteiger partial charge in [0.25, 0.3) is 0 Å². The summed E-state index contributed by atoms with van der Waals surface area (Å²) < 4.78 is 5.07. The summed E-state index contributed by atoms with van der Waals surface area (Å²) >= 11 is 0. The van der Waals surface area contributed by atoms with Crippen molar-refractivity contribution in [2.75, 3.05) is 0 Å². The van der Waals surface area contributed by atoms with E-state index in [-0.39, 0.29) is 13.0 Å². The Labute approximate surface area is 128 Å². The van der Waals surface area contributed by atoms with E-state index in [9.17, 15) is 19.8 Å². The van der Waals surface area contributed by atoms with Gasteiger partial charge < -0.3 is 20.3 Å². The normalized spacial score (nSPS) is 27.2. The summed E-state index contributed by atoms with van der Waals surface area (Å²) in [4.78, 5) is 23.1. The predicted octanol–water partition coefficient (Wildman–Crippen LogP) is 1.69. The molecule has 118 valence electrons. The standard InChI is InChI=1S/C16H19NO5/c1-16(21)8-7-13(12(9-16)14(18)19)17-15(20)22-10-11-5-3-2-4-6-11/h2-8,12-13,21H,9-10H2,1H3,(H,17,20)(H,18,19)/t12-,13+,16-/m0/s1. The van der Waals surface area contributed by atoms with Crippen LogP contribution in [-0.4, -0.2) is 33.9 Å². The first-order valence-corrected chi connectivity index (χ1v) is 6.99. The number of benzene rings is 1. The van der Waals surface area contributed by atoms with Gasteiger partial charge in [0.15, 0.2) is 0 Å². The van der Waals surface area contributed by atoms with Crippen LogP contribution >= 0.6 is 0 Å². The number of carboxylic acid groups (broad SMARTS) is 1. The van der Waals surface area contributed by atoms with Gasteiger partial charge in [0, 0.05) is 0 Å². The van der Waals surface area contributed by atoms with E-state index in [1.165, 1.54) is 19.1 Å². The number of alkyl carbamates (subject to hydrolysis) is 1. The van der Waals surface area contributed by atoms with Crippen LogP contribution < -0.4 is 5.32 Å². The molecule has 0 saturated heterocycles. The number of aliphatic hydroxyl groups is 1. The molecule has 2 rings (SSSR count). The minimum absolute atomic E-state index is 0.0302. The number of hydrogen-bond acceptors (Lipinski definition) is 4. The molecule has 1 aromatic carbocycles. The van der Waals surface area contributed by atoms with Crippen molar-refractivity contribution in [3.8, 4) is 0 Å². The Morgan fingerprint density at radius 2 is 2.05 bits per heavy atom. The molecule has 3 atom stereocenters. The van der Waals surface area contributed by atoms with Crippen molar-refractivity contribution in [1.29, 1.82) is 0 Å². The van der Waals surface area contributed by atoms with Gasteiger partial charge in [-0.2, -0.15) is 0 Å². The average Bonchev–Trinajstić information content (AvgIpc) is 2.48. The number of ether oxygens (including phenoxy) is 1. The number of amides is 1. The third-order valence-electron chi connectivity index (χ3n) is 3.54. The second kappa shape index (κ2) is 6.62. The lowest BCUT2D eigenvalue weighted by molar-refractivity contribution is -0.144. The minimum Gasteiger partial charge on any atom is -0.481 e. The number of carbonyl (C=O) groups excluding carboxylic acids is 1. The molecule has 3 N–H and O–H groups in total. The maximum atomic E-state index is 11.8. The van der Waals surface area contributed by atoms with Crippen molar-refractivity contribution >= 4 is 12.1 Å². The molecule has 0 unspecified atom stereocenters. The third kappa shape index (κ3) is 4.33. The van der Waals surface area contributed by atoms with E-state index in [1.807, 2.05) is 30.3 Å². The van der Waals surface area contributed by atoms with Crippen molar-refractivity contribution in [2.45, 2.75) is 31.6 Å². The van der Waals surface area contributed by atoms with E-state index in [2.05, 4.69) is 5.32 Å². The van der Waals surface area contributed by atoms with Crippen molar-refractivity contribution in [1.82, 2.24) is 5.32 Å². The quantitative estimate of drug-likeness (QED) is 0.736. The number of carboxylic acids is 1. The molecule has 0 saturated carbocycles. The fraction of sp³-hybridized carbons (Fsp3) is 0.375. The lowest BCUT2D eigenvalue weighted by Gasteiger charge is -2.32. The lowest BCUT2D eigenvalue weighted by atomic mass is 9.81. The van der Waals surface area contributed by atoms with E-state index in [4.69, 9.17) is 4.74 Å². The molecule has 0 aromatic heterocycles. The summed E-state index contributed by atoms with van der Waals surface area (Å²) in [6.07, 6.45) is 2.33. The van der Waals surface area contributed by atoms with Gasteiger partial charge in [0.1, 0.15) is 6.61 Å². The first-order chi connectivity index (χ1) is 10.4. The summed E-state index contributed by atoms with van der Waals surface area (Å²) in [5.74, 6) is -1.97. The molecule has 1 amide bonds. The maximum Gasteiger partial charge on any atom is 0.407 e. The first kappa shape index (κ1) is 16.0. The van der Waals surface area contributed by atoms with Gasteiger partial charge in [0.2, 0.25) is 0 Å². The summed E-state index contributed by atoms with van der Waals surface area (Å²) in [6, 6.07) is 8.47. The van der Waals surface area contributed by atoms with Crippen LogP contribution in [0.25, 0.3) is 0 Å². The van der Waals surface area contributed by atoms with E-state index in [0.29, 0.717) is 0 Å². The van der Waals surface area contributed by atoms with Crippen molar-refractivity contribution in [3.05, 3.63) is 48.0 Å². The summed E-state index contributed by atoms with van der Waals surface area (Å²) in [5, 5.41) is 21.6. The summed E-state index contributed by atoms with van der Waals surface area (Å²) in [7, 11) is 0. The molecule has 0 aliphatic heterocycles. The fourth-order valence-corrected chi connectivity index (χ4v) is 2.38. The Kier molecular flexibility index (Phi) is 4.82. The van der Waals surface area contributed by atoms with Crippen molar-refractivity contribution in [3.63, 3.8) is 0 Å². The molecule has 6 nitrogen and oxygen atoms in total. The second-order valence-electron chi connectivity index (χ2n) is 5.60. The number of hydrogen-bond donors (Lipinski definition) is 3. The van der Waals surface area contributed by atoms with Gasteiger partial charge in [-0.1, -0.05) is 42.5 Å². The molecule has 22 heavy (non-hydrogen) atoms.